The van der Waals surface area contributed by atoms with E-state index in [0.717, 1.165) is 12.8 Å². The molecule has 13 heavy (non-hydrogen) atoms. The largest absolute Gasteiger partial charge is 0.478 e. The normalized spacial score (nSPS) is 10.0. The monoisotopic (exact) mass is 201 g/mol. The molecule has 0 aromatic carbocycles. The molecule has 3 nitrogen and oxygen atoms in total. The van der Waals surface area contributed by atoms with Gasteiger partial charge in [-0.15, -0.1) is 0 Å². The summed E-state index contributed by atoms with van der Waals surface area (Å²) in [6.07, 6.45) is 3.53. The zero-order valence-corrected chi connectivity index (χ0v) is 8.23. The summed E-state index contributed by atoms with van der Waals surface area (Å²) in [5, 5.41) is 0.124. The quantitative estimate of drug-likeness (QED) is 0.759. The predicted molar refractivity (Wildman–Crippen MR) is 52.5 cm³/mol. The highest BCUT2D eigenvalue weighted by molar-refractivity contribution is 6.31. The number of nitrogens with one attached hydrogen (secondary N) is 1. The van der Waals surface area contributed by atoms with Crippen LogP contribution in [-0.2, 0) is 0 Å². The second kappa shape index (κ2) is 4.92. The topological polar surface area (TPSA) is 42.1 Å². The van der Waals surface area contributed by atoms with Gasteiger partial charge in [0.15, 0.2) is 0 Å². The Hall–Kier alpha value is -0.960. The number of aromatic amines is 1. The fourth-order valence-electron chi connectivity index (χ4n) is 0.865. The number of hydrogen-bond donors (Lipinski definition) is 1. The fraction of sp³-hybridized carbons (Fsp3) is 0.444. The Kier molecular flexibility index (Phi) is 3.83. The van der Waals surface area contributed by atoms with Crippen molar-refractivity contribution in [2.75, 3.05) is 6.61 Å². The lowest BCUT2D eigenvalue weighted by Crippen LogP contribution is -2.06. The maximum Gasteiger partial charge on any atom is 0.214 e. The van der Waals surface area contributed by atoms with E-state index in [1.165, 1.54) is 12.3 Å². The van der Waals surface area contributed by atoms with Crippen molar-refractivity contribution in [3.63, 3.8) is 0 Å². The van der Waals surface area contributed by atoms with Crippen LogP contribution in [0.2, 0.25) is 5.02 Å². The van der Waals surface area contributed by atoms with Crippen molar-refractivity contribution in [1.82, 2.24) is 4.98 Å². The minimum Gasteiger partial charge on any atom is -0.478 e. The van der Waals surface area contributed by atoms with E-state index in [-0.39, 0.29) is 10.5 Å². The van der Waals surface area contributed by atoms with Gasteiger partial charge in [-0.2, -0.15) is 0 Å². The van der Waals surface area contributed by atoms with Crippen molar-refractivity contribution < 1.29 is 4.74 Å². The van der Waals surface area contributed by atoms with Crippen LogP contribution in [0.1, 0.15) is 19.8 Å². The molecular formula is C9H12ClNO2. The molecule has 0 amide bonds. The summed E-state index contributed by atoms with van der Waals surface area (Å²) in [4.78, 5) is 13.8. The lowest BCUT2D eigenvalue weighted by molar-refractivity contribution is 0.297. The Labute approximate surface area is 81.7 Å². The van der Waals surface area contributed by atoms with E-state index in [1.807, 2.05) is 0 Å². The Bertz CT molecular complexity index is 322. The van der Waals surface area contributed by atoms with Crippen molar-refractivity contribution in [1.29, 1.82) is 0 Å². The molecule has 72 valence electrons. The minimum atomic E-state index is -0.216. The lowest BCUT2D eigenvalue weighted by atomic mass is 10.4. The standard InChI is InChI=1S/C9H12ClNO2/c1-2-3-6-13-9-8(10)7(12)4-5-11-9/h4-5H,2-3,6H2,1H3,(H,11,12). The Morgan fingerprint density at radius 1 is 1.62 bits per heavy atom. The summed E-state index contributed by atoms with van der Waals surface area (Å²) in [5.41, 5.74) is -0.216. The number of ether oxygens (including phenoxy) is 1. The highest BCUT2D eigenvalue weighted by Crippen LogP contribution is 2.15. The summed E-state index contributed by atoms with van der Waals surface area (Å²) in [5.74, 6) is 0.364. The van der Waals surface area contributed by atoms with Gasteiger partial charge in [-0.3, -0.25) is 4.79 Å². The molecule has 0 aliphatic heterocycles. The first-order valence-electron chi connectivity index (χ1n) is 4.25. The van der Waals surface area contributed by atoms with E-state index >= 15 is 0 Å². The van der Waals surface area contributed by atoms with Crippen LogP contribution in [0.5, 0.6) is 5.88 Å². The van der Waals surface area contributed by atoms with Crippen LogP contribution in [0.4, 0.5) is 0 Å². The van der Waals surface area contributed by atoms with E-state index in [9.17, 15) is 4.79 Å². The first-order chi connectivity index (χ1) is 6.25. The first-order valence-corrected chi connectivity index (χ1v) is 4.63. The SMILES string of the molecule is CCCCOc1[nH]ccc(=O)c1Cl. The number of halogens is 1. The van der Waals surface area contributed by atoms with Crippen LogP contribution >= 0.6 is 11.6 Å². The van der Waals surface area contributed by atoms with Crippen LogP contribution in [-0.4, -0.2) is 11.6 Å². The lowest BCUT2D eigenvalue weighted by Gasteiger charge is -2.05. The van der Waals surface area contributed by atoms with Gasteiger partial charge in [0.1, 0.15) is 5.02 Å². The Morgan fingerprint density at radius 3 is 3.08 bits per heavy atom. The van der Waals surface area contributed by atoms with Gasteiger partial charge < -0.3 is 9.72 Å². The fourth-order valence-corrected chi connectivity index (χ4v) is 1.04. The molecule has 0 aliphatic rings. The second-order valence-electron chi connectivity index (χ2n) is 2.69. The van der Waals surface area contributed by atoms with Crippen molar-refractivity contribution in [3.05, 3.63) is 27.5 Å². The summed E-state index contributed by atoms with van der Waals surface area (Å²) in [6.45, 7) is 2.65. The third-order valence-electron chi connectivity index (χ3n) is 1.61. The molecule has 0 bridgehead atoms. The molecule has 1 aromatic rings. The van der Waals surface area contributed by atoms with Crippen molar-refractivity contribution >= 4 is 11.6 Å². The molecular weight excluding hydrogens is 190 g/mol. The van der Waals surface area contributed by atoms with Crippen LogP contribution in [0.15, 0.2) is 17.1 Å². The zero-order chi connectivity index (χ0) is 9.68. The van der Waals surface area contributed by atoms with Gasteiger partial charge in [-0.25, -0.2) is 0 Å². The van der Waals surface area contributed by atoms with Crippen LogP contribution in [0.3, 0.4) is 0 Å². The molecule has 0 aliphatic carbocycles. The molecule has 0 unspecified atom stereocenters. The van der Waals surface area contributed by atoms with E-state index in [4.69, 9.17) is 16.3 Å². The van der Waals surface area contributed by atoms with Gasteiger partial charge in [0.05, 0.1) is 6.61 Å². The molecule has 1 N–H and O–H groups in total. The molecule has 0 radical (unpaired) electrons. The van der Waals surface area contributed by atoms with E-state index in [1.54, 1.807) is 0 Å². The van der Waals surface area contributed by atoms with E-state index < -0.39 is 0 Å². The zero-order valence-electron chi connectivity index (χ0n) is 7.47. The van der Waals surface area contributed by atoms with Crippen LogP contribution in [0.25, 0.3) is 0 Å². The van der Waals surface area contributed by atoms with Crippen LogP contribution in [0, 0.1) is 0 Å². The summed E-state index contributed by atoms with van der Waals surface area (Å²) in [7, 11) is 0. The molecule has 1 aromatic heterocycles. The van der Waals surface area contributed by atoms with Crippen molar-refractivity contribution in [2.45, 2.75) is 19.8 Å². The van der Waals surface area contributed by atoms with E-state index in [2.05, 4.69) is 11.9 Å². The molecule has 1 heterocycles. The third-order valence-corrected chi connectivity index (χ3v) is 1.97. The maximum atomic E-state index is 11.0. The second-order valence-corrected chi connectivity index (χ2v) is 3.07. The summed E-state index contributed by atoms with van der Waals surface area (Å²) in [6, 6.07) is 1.37. The molecule has 0 saturated carbocycles. The molecule has 0 spiro atoms. The van der Waals surface area contributed by atoms with Gasteiger partial charge in [-0.1, -0.05) is 24.9 Å². The van der Waals surface area contributed by atoms with Gasteiger partial charge in [0.2, 0.25) is 11.3 Å². The Morgan fingerprint density at radius 2 is 2.38 bits per heavy atom. The molecule has 0 saturated heterocycles. The molecule has 0 fully saturated rings. The van der Waals surface area contributed by atoms with Gasteiger partial charge >= 0.3 is 0 Å². The molecule has 1 rings (SSSR count). The van der Waals surface area contributed by atoms with Gasteiger partial charge in [0, 0.05) is 12.3 Å². The highest BCUT2D eigenvalue weighted by atomic mass is 35.5. The molecule has 0 atom stereocenters. The van der Waals surface area contributed by atoms with Crippen LogP contribution < -0.4 is 10.2 Å². The maximum absolute atomic E-state index is 11.0. The number of pyridine rings is 1. The first kappa shape index (κ1) is 10.1. The summed E-state index contributed by atoms with van der Waals surface area (Å²) >= 11 is 5.70. The van der Waals surface area contributed by atoms with Gasteiger partial charge in [0.25, 0.3) is 0 Å². The third kappa shape index (κ3) is 2.77. The van der Waals surface area contributed by atoms with Crippen molar-refractivity contribution in [2.24, 2.45) is 0 Å². The predicted octanol–water partition coefficient (Wildman–Crippen LogP) is 2.21. The number of aromatic nitrogens is 1. The smallest absolute Gasteiger partial charge is 0.214 e. The van der Waals surface area contributed by atoms with E-state index in [0.29, 0.717) is 12.5 Å². The minimum absolute atomic E-state index is 0.124. The van der Waals surface area contributed by atoms with Gasteiger partial charge in [-0.05, 0) is 6.42 Å². The Balaban J connectivity index is 2.66. The molecule has 4 heteroatoms. The number of H-pyrrole nitrogens is 1. The highest BCUT2D eigenvalue weighted by Gasteiger charge is 2.03. The average molecular weight is 202 g/mol. The van der Waals surface area contributed by atoms with Crippen molar-refractivity contribution in [3.8, 4) is 5.88 Å². The summed E-state index contributed by atoms with van der Waals surface area (Å²) < 4.78 is 5.27. The number of rotatable bonds is 4. The number of unbranched alkanes of at least 4 members (excludes halogenated alkanes) is 1. The average Bonchev–Trinajstić information content (AvgIpc) is 2.13. The number of hydrogen-bond acceptors (Lipinski definition) is 2.